The molecule has 0 bridgehead atoms. The molecular formula is C19H30F7NO3. The summed E-state index contributed by atoms with van der Waals surface area (Å²) in [6.45, 7) is 5.09. The average Bonchev–Trinajstić information content (AvgIpc) is 2.61. The summed E-state index contributed by atoms with van der Waals surface area (Å²) in [4.78, 5) is 23.6. The Bertz CT molecular complexity index is 537. The maximum absolute atomic E-state index is 13.5. The lowest BCUT2D eigenvalue weighted by molar-refractivity contribution is -0.344. The Hall–Kier alpha value is -1.55. The Morgan fingerprint density at radius 3 is 1.83 bits per heavy atom. The molecule has 178 valence electrons. The highest BCUT2D eigenvalue weighted by atomic mass is 19.4. The van der Waals surface area contributed by atoms with Crippen molar-refractivity contribution in [2.45, 2.75) is 96.2 Å². The monoisotopic (exact) mass is 453 g/mol. The lowest BCUT2D eigenvalue weighted by atomic mass is 10.0. The van der Waals surface area contributed by atoms with Gasteiger partial charge in [-0.1, -0.05) is 59.3 Å². The predicted molar refractivity (Wildman–Crippen MR) is 96.3 cm³/mol. The zero-order chi connectivity index (χ0) is 23.6. The molecule has 0 aromatic rings. The van der Waals surface area contributed by atoms with Gasteiger partial charge in [-0.15, -0.1) is 0 Å². The van der Waals surface area contributed by atoms with Crippen LogP contribution in [0, 0.1) is 5.92 Å². The SMILES string of the molecule is CCCCCCCCCOC(=O)C(CC(C)C)NC(=O)C(F)(F)C(F)(F)C(F)(F)F. The number of rotatable bonds is 14. The number of unbranched alkanes of at least 4 members (excludes halogenated alkanes) is 6. The third kappa shape index (κ3) is 8.67. The smallest absolute Gasteiger partial charge is 0.460 e. The second-order valence-corrected chi connectivity index (χ2v) is 7.59. The van der Waals surface area contributed by atoms with Crippen LogP contribution in [0.4, 0.5) is 30.7 Å². The van der Waals surface area contributed by atoms with E-state index < -0.39 is 35.9 Å². The lowest BCUT2D eigenvalue weighted by Crippen LogP contribution is -2.61. The largest absolute Gasteiger partial charge is 0.464 e. The second kappa shape index (κ2) is 12.3. The van der Waals surface area contributed by atoms with Crippen LogP contribution in [0.1, 0.15) is 72.1 Å². The van der Waals surface area contributed by atoms with E-state index in [0.29, 0.717) is 6.42 Å². The van der Waals surface area contributed by atoms with Gasteiger partial charge in [0, 0.05) is 0 Å². The molecule has 0 rings (SSSR count). The molecule has 0 spiro atoms. The molecule has 0 saturated carbocycles. The van der Waals surface area contributed by atoms with Crippen LogP contribution in [0.25, 0.3) is 0 Å². The molecule has 1 atom stereocenters. The number of esters is 1. The Balaban J connectivity index is 4.84. The van der Waals surface area contributed by atoms with Crippen LogP contribution in [0.15, 0.2) is 0 Å². The van der Waals surface area contributed by atoms with E-state index in [1.807, 2.05) is 0 Å². The van der Waals surface area contributed by atoms with E-state index in [0.717, 1.165) is 38.5 Å². The van der Waals surface area contributed by atoms with E-state index in [1.165, 1.54) is 5.32 Å². The molecule has 4 nitrogen and oxygen atoms in total. The quantitative estimate of drug-likeness (QED) is 0.210. The molecule has 11 heteroatoms. The highest BCUT2D eigenvalue weighted by Crippen LogP contribution is 2.46. The molecule has 0 fully saturated rings. The van der Waals surface area contributed by atoms with Gasteiger partial charge in [0.05, 0.1) is 6.61 Å². The Labute approximate surface area is 171 Å². The minimum atomic E-state index is -6.64. The lowest BCUT2D eigenvalue weighted by Gasteiger charge is -2.28. The summed E-state index contributed by atoms with van der Waals surface area (Å²) in [6, 6.07) is -1.77. The van der Waals surface area contributed by atoms with Crippen molar-refractivity contribution in [3.8, 4) is 0 Å². The van der Waals surface area contributed by atoms with Gasteiger partial charge in [-0.25, -0.2) is 4.79 Å². The standard InChI is InChI=1S/C19H30F7NO3/c1-4-5-6-7-8-9-10-11-30-15(28)14(12-13(2)3)27-16(29)17(20,21)18(22,23)19(24,25)26/h13-14H,4-12H2,1-3H3,(H,27,29). The molecule has 1 N–H and O–H groups in total. The average molecular weight is 453 g/mol. The van der Waals surface area contributed by atoms with Crippen LogP contribution in [-0.4, -0.2) is 42.5 Å². The van der Waals surface area contributed by atoms with E-state index in [1.54, 1.807) is 13.8 Å². The number of halogens is 7. The fraction of sp³-hybridized carbons (Fsp3) is 0.895. The van der Waals surface area contributed by atoms with Crippen molar-refractivity contribution < 1.29 is 45.1 Å². The summed E-state index contributed by atoms with van der Waals surface area (Å²) < 4.78 is 94.6. The van der Waals surface area contributed by atoms with Crippen LogP contribution in [-0.2, 0) is 14.3 Å². The van der Waals surface area contributed by atoms with Gasteiger partial charge in [0.1, 0.15) is 6.04 Å². The van der Waals surface area contributed by atoms with E-state index in [2.05, 4.69) is 6.92 Å². The Morgan fingerprint density at radius 2 is 1.37 bits per heavy atom. The van der Waals surface area contributed by atoms with Crippen LogP contribution in [0.3, 0.4) is 0 Å². The summed E-state index contributed by atoms with van der Waals surface area (Å²) in [5.41, 5.74) is 0. The van der Waals surface area contributed by atoms with Crippen LogP contribution >= 0.6 is 0 Å². The van der Waals surface area contributed by atoms with Gasteiger partial charge in [0.25, 0.3) is 5.91 Å². The Morgan fingerprint density at radius 1 is 0.867 bits per heavy atom. The number of hydrogen-bond acceptors (Lipinski definition) is 3. The Kier molecular flexibility index (Phi) is 11.7. The molecule has 0 radical (unpaired) electrons. The molecule has 1 unspecified atom stereocenters. The van der Waals surface area contributed by atoms with E-state index in [9.17, 15) is 40.3 Å². The molecule has 1 amide bonds. The van der Waals surface area contributed by atoms with Gasteiger partial charge >= 0.3 is 24.0 Å². The minimum absolute atomic E-state index is 0.0772. The summed E-state index contributed by atoms with van der Waals surface area (Å²) in [5.74, 6) is -17.1. The maximum Gasteiger partial charge on any atom is 0.460 e. The van der Waals surface area contributed by atoms with E-state index in [-0.39, 0.29) is 18.9 Å². The van der Waals surface area contributed by atoms with Crippen molar-refractivity contribution in [2.75, 3.05) is 6.61 Å². The summed E-state index contributed by atoms with van der Waals surface area (Å²) >= 11 is 0. The number of ether oxygens (including phenoxy) is 1. The third-order valence-electron chi connectivity index (χ3n) is 4.32. The number of nitrogens with one attached hydrogen (secondary N) is 1. The molecule has 0 aromatic heterocycles. The molecule has 30 heavy (non-hydrogen) atoms. The maximum atomic E-state index is 13.5. The van der Waals surface area contributed by atoms with Crippen molar-refractivity contribution in [2.24, 2.45) is 5.92 Å². The van der Waals surface area contributed by atoms with Crippen LogP contribution < -0.4 is 5.32 Å². The first-order valence-corrected chi connectivity index (χ1v) is 9.98. The van der Waals surface area contributed by atoms with E-state index >= 15 is 0 Å². The molecular weight excluding hydrogens is 423 g/mol. The minimum Gasteiger partial charge on any atom is -0.464 e. The van der Waals surface area contributed by atoms with Crippen molar-refractivity contribution in [1.82, 2.24) is 5.32 Å². The molecule has 0 saturated heterocycles. The zero-order valence-corrected chi connectivity index (χ0v) is 17.4. The van der Waals surface area contributed by atoms with Crippen LogP contribution in [0.5, 0.6) is 0 Å². The molecule has 0 aromatic carbocycles. The summed E-state index contributed by atoms with van der Waals surface area (Å²) in [5, 5.41) is 1.30. The van der Waals surface area contributed by atoms with E-state index in [4.69, 9.17) is 4.74 Å². The van der Waals surface area contributed by atoms with Crippen molar-refractivity contribution in [1.29, 1.82) is 0 Å². The third-order valence-corrected chi connectivity index (χ3v) is 4.32. The van der Waals surface area contributed by atoms with Gasteiger partial charge in [-0.05, 0) is 18.8 Å². The van der Waals surface area contributed by atoms with Crippen LogP contribution in [0.2, 0.25) is 0 Å². The topological polar surface area (TPSA) is 55.4 Å². The first-order valence-electron chi connectivity index (χ1n) is 9.98. The molecule has 0 aliphatic carbocycles. The van der Waals surface area contributed by atoms with Gasteiger partial charge in [0.2, 0.25) is 0 Å². The highest BCUT2D eigenvalue weighted by Gasteiger charge is 2.76. The van der Waals surface area contributed by atoms with Crippen molar-refractivity contribution >= 4 is 11.9 Å². The van der Waals surface area contributed by atoms with Gasteiger partial charge in [0.15, 0.2) is 0 Å². The van der Waals surface area contributed by atoms with Crippen molar-refractivity contribution in [3.63, 3.8) is 0 Å². The van der Waals surface area contributed by atoms with Crippen molar-refractivity contribution in [3.05, 3.63) is 0 Å². The second-order valence-electron chi connectivity index (χ2n) is 7.59. The van der Waals surface area contributed by atoms with Gasteiger partial charge in [-0.3, -0.25) is 4.79 Å². The van der Waals surface area contributed by atoms with Gasteiger partial charge in [-0.2, -0.15) is 30.7 Å². The normalized spacial score (nSPS) is 14.0. The first-order chi connectivity index (χ1) is 13.7. The number of carbonyl (C=O) groups excluding carboxylic acids is 2. The number of carbonyl (C=O) groups is 2. The molecule has 0 aliphatic rings. The zero-order valence-electron chi connectivity index (χ0n) is 17.4. The highest BCUT2D eigenvalue weighted by molar-refractivity contribution is 5.89. The predicted octanol–water partition coefficient (Wildman–Crippen LogP) is 5.64. The van der Waals surface area contributed by atoms with Gasteiger partial charge < -0.3 is 10.1 Å². The number of amides is 1. The fourth-order valence-corrected chi connectivity index (χ4v) is 2.59. The molecule has 0 aliphatic heterocycles. The fourth-order valence-electron chi connectivity index (χ4n) is 2.59. The first kappa shape index (κ1) is 28.5. The summed E-state index contributed by atoms with van der Waals surface area (Å²) in [6.07, 6.45) is -0.489. The molecule has 0 heterocycles. The number of hydrogen-bond donors (Lipinski definition) is 1. The summed E-state index contributed by atoms with van der Waals surface area (Å²) in [7, 11) is 0. The number of alkyl halides is 7.